The minimum Gasteiger partial charge on any atom is -0.493 e. The number of rotatable bonds is 6. The van der Waals surface area contributed by atoms with E-state index in [4.69, 9.17) is 9.15 Å². The quantitative estimate of drug-likeness (QED) is 0.655. The van der Waals surface area contributed by atoms with E-state index in [0.717, 1.165) is 35.5 Å². The second-order valence-electron chi connectivity index (χ2n) is 5.49. The molecule has 3 rings (SSSR count). The fraction of sp³-hybridized carbons (Fsp3) is 0.211. The van der Waals surface area contributed by atoms with Crippen LogP contribution in [0.2, 0.25) is 0 Å². The lowest BCUT2D eigenvalue weighted by molar-refractivity contribution is 0.319. The molecular weight excluding hydrogens is 285 g/mol. The third-order valence-corrected chi connectivity index (χ3v) is 3.83. The van der Waals surface area contributed by atoms with Crippen LogP contribution < -0.4 is 4.74 Å². The Morgan fingerprint density at radius 1 is 1.09 bits per heavy atom. The number of ether oxygens (including phenoxy) is 1. The van der Waals surface area contributed by atoms with Gasteiger partial charge in [0, 0.05) is 12.0 Å². The van der Waals surface area contributed by atoms with E-state index in [1.165, 1.54) is 5.56 Å². The Labute approximate surface area is 137 Å². The maximum atomic E-state index is 5.84. The molecule has 0 N–H and O–H groups in total. The third kappa shape index (κ3) is 3.83. The summed E-state index contributed by atoms with van der Waals surface area (Å²) in [5, 5.41) is 0. The summed E-state index contributed by atoms with van der Waals surface area (Å²) in [6.45, 7) is 2.54. The van der Waals surface area contributed by atoms with Gasteiger partial charge in [-0.15, -0.1) is 0 Å². The van der Waals surface area contributed by atoms with Crippen molar-refractivity contribution in [1.29, 1.82) is 0 Å². The van der Waals surface area contributed by atoms with Gasteiger partial charge in [-0.25, -0.2) is 4.98 Å². The highest BCUT2D eigenvalue weighted by Gasteiger charge is 2.11. The van der Waals surface area contributed by atoms with Crippen molar-refractivity contribution < 1.29 is 9.15 Å². The van der Waals surface area contributed by atoms with Gasteiger partial charge in [0.05, 0.1) is 12.3 Å². The van der Waals surface area contributed by atoms with Gasteiger partial charge in [0.2, 0.25) is 5.89 Å². The van der Waals surface area contributed by atoms with Crippen LogP contribution in [0.1, 0.15) is 17.0 Å². The summed E-state index contributed by atoms with van der Waals surface area (Å²) < 4.78 is 11.6. The molecule has 0 saturated heterocycles. The van der Waals surface area contributed by atoms with Crippen molar-refractivity contribution in [3.63, 3.8) is 0 Å². The molecule has 3 aromatic rings. The van der Waals surface area contributed by atoms with E-state index >= 15 is 0 Å². The maximum absolute atomic E-state index is 5.84. The molecule has 0 fully saturated rings. The second kappa shape index (κ2) is 7.18. The second-order valence-corrected chi connectivity index (χ2v) is 5.49. The van der Waals surface area contributed by atoms with Crippen molar-refractivity contribution in [3.05, 3.63) is 71.6 Å². The largest absolute Gasteiger partial charge is 0.493 e. The molecule has 0 saturated carbocycles. The molecule has 1 aromatic heterocycles. The van der Waals surface area contributed by atoms with Gasteiger partial charge in [-0.3, -0.25) is 0 Å². The molecule has 0 aliphatic heterocycles. The van der Waals surface area contributed by atoms with E-state index in [9.17, 15) is 0 Å². The van der Waals surface area contributed by atoms with Gasteiger partial charge >= 0.3 is 0 Å². The molecule has 0 bridgehead atoms. The lowest BCUT2D eigenvalue weighted by Crippen LogP contribution is -2.03. The predicted octanol–water partition coefficient (Wildman–Crippen LogP) is 3.40. The van der Waals surface area contributed by atoms with E-state index in [-0.39, 0.29) is 0 Å². The predicted molar refractivity (Wildman–Crippen MR) is 94.6 cm³/mol. The van der Waals surface area contributed by atoms with Gasteiger partial charge in [0.15, 0.2) is 0 Å². The van der Waals surface area contributed by atoms with Crippen LogP contribution in [0.4, 0.5) is 0 Å². The Balaban J connectivity index is 1.63. The van der Waals surface area contributed by atoms with Crippen molar-refractivity contribution >= 4 is 7.85 Å². The van der Waals surface area contributed by atoms with E-state index in [0.29, 0.717) is 12.5 Å². The van der Waals surface area contributed by atoms with Crippen molar-refractivity contribution in [2.45, 2.75) is 19.7 Å². The van der Waals surface area contributed by atoms with Gasteiger partial charge in [-0.2, -0.15) is 0 Å². The maximum Gasteiger partial charge on any atom is 0.226 e. The van der Waals surface area contributed by atoms with E-state index in [1.807, 2.05) is 49.4 Å². The normalized spacial score (nSPS) is 10.7. The molecule has 0 radical (unpaired) electrons. The fourth-order valence-corrected chi connectivity index (χ4v) is 2.48. The molecule has 116 valence electrons. The lowest BCUT2D eigenvalue weighted by Gasteiger charge is -2.06. The summed E-state index contributed by atoms with van der Waals surface area (Å²) >= 11 is 0. The number of nitrogens with zero attached hydrogens (tertiary/aromatic N) is 1. The summed E-state index contributed by atoms with van der Waals surface area (Å²) in [5.74, 6) is 2.44. The molecule has 0 aliphatic rings. The fourth-order valence-electron chi connectivity index (χ4n) is 2.48. The summed E-state index contributed by atoms with van der Waals surface area (Å²) in [7, 11) is 2.14. The molecule has 0 aliphatic carbocycles. The molecule has 0 atom stereocenters. The Kier molecular flexibility index (Phi) is 4.81. The number of hydrogen-bond acceptors (Lipinski definition) is 3. The van der Waals surface area contributed by atoms with Crippen LogP contribution in [0.15, 0.2) is 59.0 Å². The first kappa shape index (κ1) is 15.4. The first-order chi connectivity index (χ1) is 11.3. The SMILES string of the molecule is BCc1cccc(OCCc2nc(-c3ccccc3)oc2C)c1. The van der Waals surface area contributed by atoms with E-state index in [1.54, 1.807) is 0 Å². The molecule has 0 unspecified atom stereocenters. The van der Waals surface area contributed by atoms with E-state index in [2.05, 4.69) is 25.0 Å². The molecule has 0 spiro atoms. The summed E-state index contributed by atoms with van der Waals surface area (Å²) in [6.07, 6.45) is 1.75. The smallest absolute Gasteiger partial charge is 0.226 e. The molecule has 3 nitrogen and oxygen atoms in total. The number of aromatic nitrogens is 1. The first-order valence-corrected chi connectivity index (χ1v) is 7.99. The summed E-state index contributed by atoms with van der Waals surface area (Å²) in [6, 6.07) is 18.2. The topological polar surface area (TPSA) is 35.3 Å². The van der Waals surface area contributed by atoms with Crippen LogP contribution in [0.5, 0.6) is 5.75 Å². The highest BCUT2D eigenvalue weighted by atomic mass is 16.5. The number of hydrogen-bond donors (Lipinski definition) is 0. The zero-order valence-electron chi connectivity index (χ0n) is 13.6. The zero-order chi connectivity index (χ0) is 16.1. The Bertz CT molecular complexity index is 768. The van der Waals surface area contributed by atoms with E-state index < -0.39 is 0 Å². The molecular formula is C19H20BNO2. The van der Waals surface area contributed by atoms with Crippen molar-refractivity contribution in [1.82, 2.24) is 4.98 Å². The van der Waals surface area contributed by atoms with Gasteiger partial charge in [-0.05, 0) is 31.2 Å². The Hall–Kier alpha value is -2.49. The lowest BCUT2D eigenvalue weighted by atomic mass is 9.97. The summed E-state index contributed by atoms with van der Waals surface area (Å²) in [4.78, 5) is 4.60. The van der Waals surface area contributed by atoms with Crippen LogP contribution in [0.3, 0.4) is 0 Å². The molecule has 1 heterocycles. The molecule has 4 heteroatoms. The van der Waals surface area contributed by atoms with Gasteiger partial charge in [0.1, 0.15) is 19.4 Å². The number of aryl methyl sites for hydroxylation is 1. The minimum atomic E-state index is 0.592. The van der Waals surface area contributed by atoms with Gasteiger partial charge in [0.25, 0.3) is 0 Å². The van der Waals surface area contributed by atoms with Crippen LogP contribution in [-0.2, 0) is 12.7 Å². The van der Waals surface area contributed by atoms with Gasteiger partial charge in [-0.1, -0.05) is 42.2 Å². The van der Waals surface area contributed by atoms with Crippen molar-refractivity contribution in [2.75, 3.05) is 6.61 Å². The highest BCUT2D eigenvalue weighted by Crippen LogP contribution is 2.22. The molecule has 2 aromatic carbocycles. The van der Waals surface area contributed by atoms with Crippen molar-refractivity contribution in [3.8, 4) is 17.2 Å². The Morgan fingerprint density at radius 3 is 2.70 bits per heavy atom. The first-order valence-electron chi connectivity index (χ1n) is 7.99. The number of benzene rings is 2. The van der Waals surface area contributed by atoms with Crippen LogP contribution in [0.25, 0.3) is 11.5 Å². The average Bonchev–Trinajstić information content (AvgIpc) is 2.97. The average molecular weight is 305 g/mol. The monoisotopic (exact) mass is 305 g/mol. The van der Waals surface area contributed by atoms with Crippen LogP contribution >= 0.6 is 0 Å². The molecule has 0 amide bonds. The summed E-state index contributed by atoms with van der Waals surface area (Å²) in [5.41, 5.74) is 3.24. The van der Waals surface area contributed by atoms with Crippen LogP contribution in [0, 0.1) is 6.92 Å². The third-order valence-electron chi connectivity index (χ3n) is 3.83. The zero-order valence-corrected chi connectivity index (χ0v) is 13.6. The van der Waals surface area contributed by atoms with Crippen LogP contribution in [-0.4, -0.2) is 19.4 Å². The van der Waals surface area contributed by atoms with Crippen molar-refractivity contribution in [2.24, 2.45) is 0 Å². The Morgan fingerprint density at radius 2 is 1.91 bits per heavy atom. The number of oxazole rings is 1. The standard InChI is InChI=1S/C19H20BNO2/c1-14-18(21-19(23-14)16-7-3-2-4-8-16)10-11-22-17-9-5-6-15(12-17)13-20/h2-9,12H,10-11,13,20H2,1H3. The minimum absolute atomic E-state index is 0.592. The van der Waals surface area contributed by atoms with Gasteiger partial charge < -0.3 is 9.15 Å². The molecule has 23 heavy (non-hydrogen) atoms. The highest BCUT2D eigenvalue weighted by molar-refractivity contribution is 6.08.